The maximum atomic E-state index is 12.3. The van der Waals surface area contributed by atoms with Gasteiger partial charge in [0.1, 0.15) is 0 Å². The van der Waals surface area contributed by atoms with Crippen LogP contribution in [0.3, 0.4) is 0 Å². The molecule has 0 radical (unpaired) electrons. The van der Waals surface area contributed by atoms with Crippen molar-refractivity contribution in [1.29, 1.82) is 0 Å². The van der Waals surface area contributed by atoms with E-state index in [0.29, 0.717) is 16.8 Å². The number of anilines is 1. The zero-order valence-corrected chi connectivity index (χ0v) is 15.2. The summed E-state index contributed by atoms with van der Waals surface area (Å²) in [5.41, 5.74) is 0. The van der Waals surface area contributed by atoms with Gasteiger partial charge in [-0.3, -0.25) is 0 Å². The van der Waals surface area contributed by atoms with E-state index in [-0.39, 0.29) is 17.5 Å². The maximum absolute atomic E-state index is 12.3. The molecule has 0 unspecified atom stereocenters. The maximum Gasteiger partial charge on any atom is 0.321 e. The first-order chi connectivity index (χ1) is 12.0. The van der Waals surface area contributed by atoms with Crippen LogP contribution in [0.4, 0.5) is 5.95 Å². The molecule has 1 aromatic heterocycles. The fourth-order valence-corrected chi connectivity index (χ4v) is 3.58. The number of halogens is 1. The number of rotatable bonds is 6. The van der Waals surface area contributed by atoms with Crippen LogP contribution >= 0.6 is 11.6 Å². The molecule has 1 fully saturated rings. The molecular weight excluding hydrogens is 366 g/mol. The van der Waals surface area contributed by atoms with Gasteiger partial charge in [-0.2, -0.15) is 15.0 Å². The molecule has 1 aliphatic rings. The lowest BCUT2D eigenvalue weighted by Gasteiger charge is -2.16. The number of nitrogens with zero attached hydrogens (tertiary/aromatic N) is 4. The van der Waals surface area contributed by atoms with E-state index in [2.05, 4.69) is 19.7 Å². The Hall–Kier alpha value is -1.97. The molecular formula is C15H18ClN5O3S. The zero-order chi connectivity index (χ0) is 17.9. The highest BCUT2D eigenvalue weighted by Gasteiger charge is 2.19. The molecule has 2 heterocycles. The Morgan fingerprint density at radius 1 is 1.16 bits per heavy atom. The SMILES string of the molecule is COc1nc(CNS(=O)(=O)c2ccc(Cl)cc2)nc(N2CCCC2)n1. The monoisotopic (exact) mass is 383 g/mol. The Kier molecular flexibility index (Phi) is 5.36. The van der Waals surface area contributed by atoms with Crippen molar-refractivity contribution in [3.8, 4) is 6.01 Å². The van der Waals surface area contributed by atoms with Gasteiger partial charge in [-0.15, -0.1) is 0 Å². The quantitative estimate of drug-likeness (QED) is 0.809. The standard InChI is InChI=1S/C15H18ClN5O3S/c1-24-15-19-13(18-14(20-15)21-8-2-3-9-21)10-17-25(22,23)12-6-4-11(16)5-7-12/h4-7,17H,2-3,8-10H2,1H3. The van der Waals surface area contributed by atoms with Crippen LogP contribution in [0, 0.1) is 0 Å². The Morgan fingerprint density at radius 2 is 1.84 bits per heavy atom. The predicted molar refractivity (Wildman–Crippen MR) is 93.3 cm³/mol. The van der Waals surface area contributed by atoms with Gasteiger partial charge in [0.15, 0.2) is 5.82 Å². The van der Waals surface area contributed by atoms with Crippen molar-refractivity contribution in [2.45, 2.75) is 24.3 Å². The summed E-state index contributed by atoms with van der Waals surface area (Å²) in [6.45, 7) is 1.66. The van der Waals surface area contributed by atoms with Crippen molar-refractivity contribution in [2.24, 2.45) is 0 Å². The molecule has 8 nitrogen and oxygen atoms in total. The fourth-order valence-electron chi connectivity index (χ4n) is 2.47. The van der Waals surface area contributed by atoms with E-state index in [0.717, 1.165) is 25.9 Å². The molecule has 1 aromatic carbocycles. The van der Waals surface area contributed by atoms with E-state index in [1.165, 1.54) is 31.4 Å². The lowest BCUT2D eigenvalue weighted by Crippen LogP contribution is -2.26. The lowest BCUT2D eigenvalue weighted by atomic mass is 10.4. The van der Waals surface area contributed by atoms with E-state index >= 15 is 0 Å². The third-order valence-electron chi connectivity index (χ3n) is 3.77. The third-order valence-corrected chi connectivity index (χ3v) is 5.43. The molecule has 1 saturated heterocycles. The largest absolute Gasteiger partial charge is 0.467 e. The van der Waals surface area contributed by atoms with Crippen molar-refractivity contribution < 1.29 is 13.2 Å². The molecule has 3 rings (SSSR count). The van der Waals surface area contributed by atoms with Gasteiger partial charge in [0.05, 0.1) is 18.6 Å². The van der Waals surface area contributed by atoms with Gasteiger partial charge in [-0.25, -0.2) is 13.1 Å². The summed E-state index contributed by atoms with van der Waals surface area (Å²) in [7, 11) is -2.23. The van der Waals surface area contributed by atoms with E-state index in [1.54, 1.807) is 0 Å². The normalized spacial score (nSPS) is 14.7. The number of methoxy groups -OCH3 is 1. The molecule has 0 amide bonds. The van der Waals surface area contributed by atoms with E-state index in [9.17, 15) is 8.42 Å². The summed E-state index contributed by atoms with van der Waals surface area (Å²) in [6.07, 6.45) is 2.15. The molecule has 1 N–H and O–H groups in total. The van der Waals surface area contributed by atoms with Gasteiger partial charge in [-0.1, -0.05) is 11.6 Å². The van der Waals surface area contributed by atoms with Gasteiger partial charge in [0, 0.05) is 18.1 Å². The Bertz CT molecular complexity index is 839. The van der Waals surface area contributed by atoms with Gasteiger partial charge in [0.2, 0.25) is 16.0 Å². The highest BCUT2D eigenvalue weighted by Crippen LogP contribution is 2.18. The molecule has 0 bridgehead atoms. The summed E-state index contributed by atoms with van der Waals surface area (Å²) >= 11 is 5.79. The van der Waals surface area contributed by atoms with Gasteiger partial charge >= 0.3 is 6.01 Å². The van der Waals surface area contributed by atoms with Crippen LogP contribution in [-0.4, -0.2) is 43.6 Å². The number of hydrogen-bond acceptors (Lipinski definition) is 7. The second-order valence-electron chi connectivity index (χ2n) is 5.51. The van der Waals surface area contributed by atoms with E-state index in [4.69, 9.17) is 16.3 Å². The Balaban J connectivity index is 1.77. The van der Waals surface area contributed by atoms with Crippen LogP contribution in [0.1, 0.15) is 18.7 Å². The molecule has 134 valence electrons. The fraction of sp³-hybridized carbons (Fsp3) is 0.400. The van der Waals surface area contributed by atoms with E-state index < -0.39 is 10.0 Å². The summed E-state index contributed by atoms with van der Waals surface area (Å²) in [5, 5.41) is 0.469. The van der Waals surface area contributed by atoms with Crippen LogP contribution in [0.2, 0.25) is 5.02 Å². The van der Waals surface area contributed by atoms with Gasteiger partial charge in [-0.05, 0) is 37.1 Å². The van der Waals surface area contributed by atoms with Gasteiger partial charge in [0.25, 0.3) is 0 Å². The average Bonchev–Trinajstić information content (AvgIpc) is 3.15. The van der Waals surface area contributed by atoms with Crippen LogP contribution in [-0.2, 0) is 16.6 Å². The summed E-state index contributed by atoms with van der Waals surface area (Å²) in [6, 6.07) is 6.08. The first-order valence-corrected chi connectivity index (χ1v) is 9.63. The smallest absolute Gasteiger partial charge is 0.321 e. The van der Waals surface area contributed by atoms with Crippen molar-refractivity contribution in [1.82, 2.24) is 19.7 Å². The molecule has 0 spiro atoms. The Morgan fingerprint density at radius 3 is 2.48 bits per heavy atom. The molecule has 10 heteroatoms. The van der Waals surface area contributed by atoms with E-state index in [1.807, 2.05) is 4.90 Å². The summed E-state index contributed by atoms with van der Waals surface area (Å²) in [4.78, 5) is 14.9. The van der Waals surface area contributed by atoms with Crippen LogP contribution in [0.15, 0.2) is 29.2 Å². The first kappa shape index (κ1) is 17.8. The minimum Gasteiger partial charge on any atom is -0.467 e. The summed E-state index contributed by atoms with van der Waals surface area (Å²) in [5.74, 6) is 0.802. The number of nitrogens with one attached hydrogen (secondary N) is 1. The highest BCUT2D eigenvalue weighted by atomic mass is 35.5. The molecule has 0 saturated carbocycles. The minimum absolute atomic E-state index is 0.0648. The second-order valence-corrected chi connectivity index (χ2v) is 7.71. The van der Waals surface area contributed by atoms with Crippen LogP contribution < -0.4 is 14.4 Å². The molecule has 1 aliphatic heterocycles. The van der Waals surface area contributed by atoms with Crippen LogP contribution in [0.5, 0.6) is 6.01 Å². The highest BCUT2D eigenvalue weighted by molar-refractivity contribution is 7.89. The molecule has 0 aliphatic carbocycles. The molecule has 25 heavy (non-hydrogen) atoms. The average molecular weight is 384 g/mol. The number of hydrogen-bond donors (Lipinski definition) is 1. The predicted octanol–water partition coefficient (Wildman–Crippen LogP) is 1.61. The lowest BCUT2D eigenvalue weighted by molar-refractivity contribution is 0.375. The second kappa shape index (κ2) is 7.51. The Labute approximate surface area is 151 Å². The van der Waals surface area contributed by atoms with Crippen LogP contribution in [0.25, 0.3) is 0 Å². The van der Waals surface area contributed by atoms with Gasteiger partial charge < -0.3 is 9.64 Å². The summed E-state index contributed by atoms with van der Waals surface area (Å²) < 4.78 is 32.3. The minimum atomic E-state index is -3.69. The van der Waals surface area contributed by atoms with Crippen molar-refractivity contribution in [2.75, 3.05) is 25.1 Å². The first-order valence-electron chi connectivity index (χ1n) is 7.77. The van der Waals surface area contributed by atoms with Crippen molar-refractivity contribution >= 4 is 27.6 Å². The van der Waals surface area contributed by atoms with Crippen molar-refractivity contribution in [3.05, 3.63) is 35.1 Å². The molecule has 2 aromatic rings. The third kappa shape index (κ3) is 4.36. The number of aromatic nitrogens is 3. The zero-order valence-electron chi connectivity index (χ0n) is 13.6. The topological polar surface area (TPSA) is 97.3 Å². The number of benzene rings is 1. The number of ether oxygens (including phenoxy) is 1. The molecule has 0 atom stereocenters. The van der Waals surface area contributed by atoms with Crippen molar-refractivity contribution in [3.63, 3.8) is 0 Å². The number of sulfonamides is 1.